The Bertz CT molecular complexity index is 546. The van der Waals surface area contributed by atoms with E-state index in [0.717, 1.165) is 36.6 Å². The highest BCUT2D eigenvalue weighted by molar-refractivity contribution is 7.12. The van der Waals surface area contributed by atoms with Crippen LogP contribution in [0.2, 0.25) is 0 Å². The number of thiophene rings is 1. The zero-order valence-corrected chi connectivity index (χ0v) is 14.2. The average Bonchev–Trinajstić information content (AvgIpc) is 3.30. The molecule has 0 spiro atoms. The number of guanidine groups is 1. The maximum atomic E-state index is 11.8. The molecule has 1 aromatic heterocycles. The van der Waals surface area contributed by atoms with Crippen LogP contribution in [0.5, 0.6) is 0 Å². The van der Waals surface area contributed by atoms with Crippen LogP contribution in [-0.2, 0) is 4.74 Å². The highest BCUT2D eigenvalue weighted by atomic mass is 32.1. The summed E-state index contributed by atoms with van der Waals surface area (Å²) < 4.78 is 5.84. The van der Waals surface area contributed by atoms with E-state index in [-0.39, 0.29) is 5.91 Å². The molecule has 3 N–H and O–H groups in total. The Balaban J connectivity index is 1.31. The summed E-state index contributed by atoms with van der Waals surface area (Å²) in [6.07, 6.45) is 5.03. The number of rotatable bonds is 6. The molecule has 3 atom stereocenters. The number of hydrogen-bond acceptors (Lipinski definition) is 4. The molecule has 6 nitrogen and oxygen atoms in total. The first-order chi connectivity index (χ1) is 11.3. The molecule has 1 aromatic rings. The summed E-state index contributed by atoms with van der Waals surface area (Å²) in [6, 6.07) is 4.09. The molecule has 2 aliphatic rings. The van der Waals surface area contributed by atoms with Gasteiger partial charge in [0.15, 0.2) is 5.96 Å². The van der Waals surface area contributed by atoms with Gasteiger partial charge in [0.25, 0.3) is 5.91 Å². The van der Waals surface area contributed by atoms with Gasteiger partial charge in [-0.15, -0.1) is 11.3 Å². The number of amides is 1. The second-order valence-electron chi connectivity index (χ2n) is 5.95. The zero-order valence-electron chi connectivity index (χ0n) is 13.4. The molecule has 3 rings (SSSR count). The number of carbonyl (C=O) groups is 1. The van der Waals surface area contributed by atoms with Crippen molar-refractivity contribution in [1.82, 2.24) is 16.0 Å². The second kappa shape index (κ2) is 7.79. The molecular weight excluding hydrogens is 312 g/mol. The first kappa shape index (κ1) is 16.3. The maximum absolute atomic E-state index is 11.8. The van der Waals surface area contributed by atoms with Crippen molar-refractivity contribution in [3.63, 3.8) is 0 Å². The molecule has 7 heteroatoms. The number of hydrogen-bond donors (Lipinski definition) is 3. The third-order valence-corrected chi connectivity index (χ3v) is 5.20. The molecule has 2 aliphatic heterocycles. The summed E-state index contributed by atoms with van der Waals surface area (Å²) in [6.45, 7) is 1.42. The van der Waals surface area contributed by atoms with Gasteiger partial charge in [0, 0.05) is 20.1 Å². The van der Waals surface area contributed by atoms with E-state index in [1.165, 1.54) is 17.8 Å². The Labute approximate surface area is 140 Å². The largest absolute Gasteiger partial charge is 0.373 e. The molecule has 23 heavy (non-hydrogen) atoms. The number of ether oxygens (including phenoxy) is 1. The van der Waals surface area contributed by atoms with Crippen molar-refractivity contribution in [2.24, 2.45) is 4.99 Å². The minimum absolute atomic E-state index is 0.00152. The lowest BCUT2D eigenvalue weighted by molar-refractivity contribution is 0.0957. The Hall–Kier alpha value is -1.60. The lowest BCUT2D eigenvalue weighted by Gasteiger charge is -2.22. The van der Waals surface area contributed by atoms with E-state index in [2.05, 4.69) is 20.9 Å². The number of fused-ring (bicyclic) bond motifs is 2. The van der Waals surface area contributed by atoms with Gasteiger partial charge in [0.1, 0.15) is 0 Å². The summed E-state index contributed by atoms with van der Waals surface area (Å²) in [5, 5.41) is 11.6. The molecule has 0 aromatic carbocycles. The van der Waals surface area contributed by atoms with Crippen LogP contribution in [0.15, 0.2) is 22.5 Å². The van der Waals surface area contributed by atoms with Gasteiger partial charge in [-0.3, -0.25) is 9.79 Å². The zero-order chi connectivity index (χ0) is 16.1. The molecule has 0 aliphatic carbocycles. The van der Waals surface area contributed by atoms with Crippen molar-refractivity contribution in [3.05, 3.63) is 22.4 Å². The first-order valence-corrected chi connectivity index (χ1v) is 9.08. The minimum Gasteiger partial charge on any atom is -0.373 e. The molecule has 3 unspecified atom stereocenters. The normalized spacial score (nSPS) is 26.3. The van der Waals surface area contributed by atoms with Crippen molar-refractivity contribution < 1.29 is 9.53 Å². The summed E-state index contributed by atoms with van der Waals surface area (Å²) in [7, 11) is 1.78. The van der Waals surface area contributed by atoms with Crippen molar-refractivity contribution in [1.29, 1.82) is 0 Å². The summed E-state index contributed by atoms with van der Waals surface area (Å²) in [5.41, 5.74) is 0. The summed E-state index contributed by atoms with van der Waals surface area (Å²) in [4.78, 5) is 16.8. The van der Waals surface area contributed by atoms with Gasteiger partial charge in [-0.1, -0.05) is 6.07 Å². The Morgan fingerprint density at radius 2 is 2.26 bits per heavy atom. The lowest BCUT2D eigenvalue weighted by Crippen LogP contribution is -2.47. The Morgan fingerprint density at radius 3 is 2.91 bits per heavy atom. The van der Waals surface area contributed by atoms with E-state index in [1.807, 2.05) is 17.5 Å². The van der Waals surface area contributed by atoms with Crippen molar-refractivity contribution >= 4 is 23.2 Å². The molecule has 0 radical (unpaired) electrons. The molecule has 2 bridgehead atoms. The van der Waals surface area contributed by atoms with Gasteiger partial charge in [-0.05, 0) is 37.1 Å². The highest BCUT2D eigenvalue weighted by Crippen LogP contribution is 2.34. The highest BCUT2D eigenvalue weighted by Gasteiger charge is 2.41. The molecule has 2 fully saturated rings. The predicted molar refractivity (Wildman–Crippen MR) is 92.1 cm³/mol. The lowest BCUT2D eigenvalue weighted by atomic mass is 9.96. The van der Waals surface area contributed by atoms with E-state index in [0.29, 0.717) is 24.8 Å². The molecule has 126 valence electrons. The number of carbonyl (C=O) groups excluding carboxylic acids is 1. The van der Waals surface area contributed by atoms with Crippen LogP contribution < -0.4 is 16.0 Å². The number of aliphatic imine (C=N–C) groups is 1. The van der Waals surface area contributed by atoms with E-state index >= 15 is 0 Å². The quantitative estimate of drug-likeness (QED) is 0.416. The van der Waals surface area contributed by atoms with Crippen LogP contribution in [0, 0.1) is 0 Å². The third kappa shape index (κ3) is 4.23. The van der Waals surface area contributed by atoms with E-state index in [9.17, 15) is 4.79 Å². The van der Waals surface area contributed by atoms with Crippen LogP contribution in [0.3, 0.4) is 0 Å². The van der Waals surface area contributed by atoms with Crippen LogP contribution in [0.25, 0.3) is 0 Å². The molecule has 2 saturated heterocycles. The van der Waals surface area contributed by atoms with Crippen molar-refractivity contribution in [2.75, 3.05) is 20.1 Å². The van der Waals surface area contributed by atoms with Crippen molar-refractivity contribution in [3.8, 4) is 0 Å². The fourth-order valence-corrected chi connectivity index (χ4v) is 3.79. The average molecular weight is 336 g/mol. The Morgan fingerprint density at radius 1 is 1.39 bits per heavy atom. The van der Waals surface area contributed by atoms with Gasteiger partial charge < -0.3 is 20.7 Å². The molecule has 1 amide bonds. The maximum Gasteiger partial charge on any atom is 0.261 e. The summed E-state index contributed by atoms with van der Waals surface area (Å²) in [5.74, 6) is 0.817. The van der Waals surface area contributed by atoms with Gasteiger partial charge in [-0.2, -0.15) is 0 Å². The van der Waals surface area contributed by atoms with Crippen LogP contribution in [0.4, 0.5) is 0 Å². The molecule has 0 saturated carbocycles. The third-order valence-electron chi connectivity index (χ3n) is 4.33. The first-order valence-electron chi connectivity index (χ1n) is 8.20. The van der Waals surface area contributed by atoms with Crippen LogP contribution >= 0.6 is 11.3 Å². The van der Waals surface area contributed by atoms with Crippen molar-refractivity contribution in [2.45, 2.75) is 43.9 Å². The predicted octanol–water partition coefficient (Wildman–Crippen LogP) is 1.35. The standard InChI is InChI=1S/C16H24N4O2S/c1-17-16(20-12-10-11-5-6-13(12)22-11)19-8-3-7-18-15(21)14-4-2-9-23-14/h2,4,9,11-13H,3,5-8,10H2,1H3,(H,18,21)(H2,17,19,20). The number of nitrogens with one attached hydrogen (secondary N) is 3. The van der Waals surface area contributed by atoms with E-state index in [4.69, 9.17) is 4.74 Å². The van der Waals surface area contributed by atoms with Gasteiger partial charge in [0.2, 0.25) is 0 Å². The number of nitrogens with zero attached hydrogens (tertiary/aromatic N) is 1. The fourth-order valence-electron chi connectivity index (χ4n) is 3.15. The Kier molecular flexibility index (Phi) is 5.51. The van der Waals surface area contributed by atoms with E-state index in [1.54, 1.807) is 7.05 Å². The minimum atomic E-state index is 0.00152. The fraction of sp³-hybridized carbons (Fsp3) is 0.625. The molecule has 3 heterocycles. The summed E-state index contributed by atoms with van der Waals surface area (Å²) >= 11 is 1.46. The SMILES string of the molecule is CN=C(NCCCNC(=O)c1cccs1)NC1CC2CCC1O2. The monoisotopic (exact) mass is 336 g/mol. The smallest absolute Gasteiger partial charge is 0.261 e. The van der Waals surface area contributed by atoms with Gasteiger partial charge >= 0.3 is 0 Å². The van der Waals surface area contributed by atoms with Gasteiger partial charge in [0.05, 0.1) is 23.1 Å². The molecular formula is C16H24N4O2S. The van der Waals surface area contributed by atoms with Crippen LogP contribution in [0.1, 0.15) is 35.4 Å². The van der Waals surface area contributed by atoms with E-state index < -0.39 is 0 Å². The second-order valence-corrected chi connectivity index (χ2v) is 6.89. The topological polar surface area (TPSA) is 74.8 Å². The van der Waals surface area contributed by atoms with Gasteiger partial charge in [-0.25, -0.2) is 0 Å². The van der Waals surface area contributed by atoms with Crippen LogP contribution in [-0.4, -0.2) is 50.3 Å².